The monoisotopic (exact) mass is 454 g/mol. The lowest BCUT2D eigenvalue weighted by Crippen LogP contribution is -2.73. The standard InChI is InChI=1S/C26H34N2O5/c1-14(24(31)27-17-4-3-5-17)21(30)23-26-10-11-28(13-15-6-7-15)19(25(26,2)32)12-16-8-9-18(29)22(33-23)20(16)26/h8-9,15,17,19,23,29-30,32H,3-7,10-13H2,1-2H3,(H,27,31)/b21-14-/t19-,23+,25-,26+/m1/s1. The van der Waals surface area contributed by atoms with Crippen LogP contribution < -0.4 is 10.1 Å². The van der Waals surface area contributed by atoms with E-state index < -0.39 is 17.1 Å². The highest BCUT2D eigenvalue weighted by Crippen LogP contribution is 2.63. The first-order valence-electron chi connectivity index (χ1n) is 12.4. The molecule has 178 valence electrons. The first-order chi connectivity index (χ1) is 15.7. The fourth-order valence-corrected chi connectivity index (χ4v) is 6.73. The molecule has 1 saturated heterocycles. The van der Waals surface area contributed by atoms with Crippen LogP contribution in [0, 0.1) is 5.92 Å². The lowest BCUT2D eigenvalue weighted by molar-refractivity contribution is -0.153. The molecule has 7 heteroatoms. The molecule has 0 aromatic heterocycles. The molecule has 4 atom stereocenters. The van der Waals surface area contributed by atoms with Crippen molar-refractivity contribution in [2.75, 3.05) is 13.1 Å². The quantitative estimate of drug-likeness (QED) is 0.403. The Bertz CT molecular complexity index is 1040. The summed E-state index contributed by atoms with van der Waals surface area (Å²) in [5, 5.41) is 37.2. The van der Waals surface area contributed by atoms with Crippen LogP contribution in [0.3, 0.4) is 0 Å². The Balaban J connectivity index is 1.44. The molecule has 0 radical (unpaired) electrons. The number of ether oxygens (including phenoxy) is 1. The van der Waals surface area contributed by atoms with Gasteiger partial charge >= 0.3 is 0 Å². The van der Waals surface area contributed by atoms with E-state index in [-0.39, 0.29) is 35.1 Å². The number of hydrogen-bond donors (Lipinski definition) is 4. The van der Waals surface area contributed by atoms with E-state index in [1.807, 2.05) is 13.0 Å². The summed E-state index contributed by atoms with van der Waals surface area (Å²) in [4.78, 5) is 15.3. The van der Waals surface area contributed by atoms with Crippen LogP contribution in [0.2, 0.25) is 0 Å². The summed E-state index contributed by atoms with van der Waals surface area (Å²) in [6, 6.07) is 3.61. The first-order valence-corrected chi connectivity index (χ1v) is 12.4. The van der Waals surface area contributed by atoms with Gasteiger partial charge in [-0.15, -0.1) is 0 Å². The number of benzene rings is 1. The van der Waals surface area contributed by atoms with Gasteiger partial charge in [-0.1, -0.05) is 6.07 Å². The van der Waals surface area contributed by atoms with Crippen LogP contribution in [0.25, 0.3) is 0 Å². The lowest BCUT2D eigenvalue weighted by Gasteiger charge is -2.59. The van der Waals surface area contributed by atoms with Gasteiger partial charge in [0.2, 0.25) is 0 Å². The highest BCUT2D eigenvalue weighted by atomic mass is 16.5. The molecule has 3 fully saturated rings. The molecule has 4 N–H and O–H groups in total. The molecular formula is C26H34N2O5. The second kappa shape index (κ2) is 7.12. The van der Waals surface area contributed by atoms with Gasteiger partial charge in [0, 0.05) is 24.2 Å². The average molecular weight is 455 g/mol. The van der Waals surface area contributed by atoms with E-state index in [0.717, 1.165) is 43.5 Å². The molecule has 3 aliphatic carbocycles. The highest BCUT2D eigenvalue weighted by molar-refractivity contribution is 5.93. The molecule has 2 bridgehead atoms. The maximum Gasteiger partial charge on any atom is 0.250 e. The molecule has 2 saturated carbocycles. The van der Waals surface area contributed by atoms with Crippen LogP contribution in [0.5, 0.6) is 11.5 Å². The summed E-state index contributed by atoms with van der Waals surface area (Å²) in [6.45, 7) is 5.23. The van der Waals surface area contributed by atoms with Crippen LogP contribution in [0.15, 0.2) is 23.5 Å². The summed E-state index contributed by atoms with van der Waals surface area (Å²) >= 11 is 0. The fourth-order valence-electron chi connectivity index (χ4n) is 6.73. The number of piperidine rings is 1. The number of fused-ring (bicyclic) bond motifs is 1. The molecule has 2 aliphatic heterocycles. The Hall–Kier alpha value is -2.25. The molecule has 1 aromatic rings. The number of aromatic hydroxyl groups is 1. The topological polar surface area (TPSA) is 102 Å². The van der Waals surface area contributed by atoms with Crippen molar-refractivity contribution in [2.45, 2.75) is 88.0 Å². The van der Waals surface area contributed by atoms with E-state index >= 15 is 0 Å². The number of amides is 1. The smallest absolute Gasteiger partial charge is 0.250 e. The zero-order valence-electron chi connectivity index (χ0n) is 19.4. The van der Waals surface area contributed by atoms with Crippen molar-refractivity contribution in [1.29, 1.82) is 0 Å². The van der Waals surface area contributed by atoms with Crippen LogP contribution in [-0.2, 0) is 16.6 Å². The van der Waals surface area contributed by atoms with Crippen molar-refractivity contribution in [3.05, 3.63) is 34.6 Å². The minimum absolute atomic E-state index is 0.00894. The van der Waals surface area contributed by atoms with E-state index in [2.05, 4.69) is 10.2 Å². The van der Waals surface area contributed by atoms with Crippen molar-refractivity contribution in [2.24, 2.45) is 5.92 Å². The highest BCUT2D eigenvalue weighted by Gasteiger charge is 2.69. The number of nitrogens with zero attached hydrogens (tertiary/aromatic N) is 1. The van der Waals surface area contributed by atoms with Crippen LogP contribution in [0.1, 0.15) is 63.5 Å². The third-order valence-corrected chi connectivity index (χ3v) is 9.16. The molecule has 7 nitrogen and oxygen atoms in total. The van der Waals surface area contributed by atoms with E-state index in [1.165, 1.54) is 12.8 Å². The molecule has 2 heterocycles. The zero-order chi connectivity index (χ0) is 23.1. The number of hydrogen-bond acceptors (Lipinski definition) is 6. The van der Waals surface area contributed by atoms with Gasteiger partial charge in [0.15, 0.2) is 17.6 Å². The van der Waals surface area contributed by atoms with Crippen LogP contribution >= 0.6 is 0 Å². The summed E-state index contributed by atoms with van der Waals surface area (Å²) in [5.74, 6) is 0.606. The second-order valence-corrected chi connectivity index (χ2v) is 11.1. The molecule has 1 aromatic carbocycles. The van der Waals surface area contributed by atoms with Crippen molar-refractivity contribution >= 4 is 5.91 Å². The van der Waals surface area contributed by atoms with Gasteiger partial charge in [0.25, 0.3) is 5.91 Å². The minimum Gasteiger partial charge on any atom is -0.508 e. The molecule has 0 unspecified atom stereocenters. The lowest BCUT2D eigenvalue weighted by atomic mass is 9.53. The van der Waals surface area contributed by atoms with Crippen molar-refractivity contribution in [1.82, 2.24) is 10.2 Å². The second-order valence-electron chi connectivity index (χ2n) is 11.1. The summed E-state index contributed by atoms with van der Waals surface area (Å²) in [6.07, 6.45) is 5.84. The number of aliphatic hydroxyl groups is 2. The molecule has 33 heavy (non-hydrogen) atoms. The molecule has 1 spiro atoms. The van der Waals surface area contributed by atoms with Gasteiger partial charge < -0.3 is 25.4 Å². The number of likely N-dealkylation sites (tertiary alicyclic amines) is 1. The van der Waals surface area contributed by atoms with E-state index in [1.54, 1.807) is 13.0 Å². The number of nitrogens with one attached hydrogen (secondary N) is 1. The predicted octanol–water partition coefficient (Wildman–Crippen LogP) is 2.68. The van der Waals surface area contributed by atoms with Gasteiger partial charge in [0.1, 0.15) is 5.76 Å². The first kappa shape index (κ1) is 21.3. The Morgan fingerprint density at radius 2 is 2.03 bits per heavy atom. The molecule has 5 aliphatic rings. The van der Waals surface area contributed by atoms with Gasteiger partial charge in [-0.05, 0) is 82.9 Å². The third kappa shape index (κ3) is 2.91. The number of phenolic OH excluding ortho intramolecular Hbond substituents is 1. The van der Waals surface area contributed by atoms with Crippen LogP contribution in [-0.4, -0.2) is 63.0 Å². The normalized spacial score (nSPS) is 35.8. The van der Waals surface area contributed by atoms with Gasteiger partial charge in [0.05, 0.1) is 16.6 Å². The Morgan fingerprint density at radius 3 is 2.70 bits per heavy atom. The zero-order valence-corrected chi connectivity index (χ0v) is 19.4. The minimum atomic E-state index is -1.20. The van der Waals surface area contributed by atoms with Crippen LogP contribution in [0.4, 0.5) is 0 Å². The largest absolute Gasteiger partial charge is 0.508 e. The van der Waals surface area contributed by atoms with E-state index in [4.69, 9.17) is 4.74 Å². The summed E-state index contributed by atoms with van der Waals surface area (Å²) < 4.78 is 6.26. The van der Waals surface area contributed by atoms with Gasteiger partial charge in [-0.3, -0.25) is 9.69 Å². The summed E-state index contributed by atoms with van der Waals surface area (Å²) in [5.41, 5.74) is -0.0597. The predicted molar refractivity (Wildman–Crippen MR) is 122 cm³/mol. The van der Waals surface area contributed by atoms with Gasteiger partial charge in [-0.2, -0.15) is 0 Å². The molecule has 6 rings (SSSR count). The Morgan fingerprint density at radius 1 is 1.27 bits per heavy atom. The molecule has 1 amide bonds. The number of phenols is 1. The summed E-state index contributed by atoms with van der Waals surface area (Å²) in [7, 11) is 0. The third-order valence-electron chi connectivity index (χ3n) is 9.16. The number of carbonyl (C=O) groups excluding carboxylic acids is 1. The maximum atomic E-state index is 12.9. The van der Waals surface area contributed by atoms with Gasteiger partial charge in [-0.25, -0.2) is 0 Å². The fraction of sp³-hybridized carbons (Fsp3) is 0.654. The van der Waals surface area contributed by atoms with Crippen molar-refractivity contribution in [3.63, 3.8) is 0 Å². The Labute approximate surface area is 194 Å². The number of rotatable bonds is 5. The number of carbonyl (C=O) groups is 1. The van der Waals surface area contributed by atoms with E-state index in [9.17, 15) is 20.1 Å². The maximum absolute atomic E-state index is 12.9. The number of aliphatic hydroxyl groups excluding tert-OH is 1. The SMILES string of the molecule is C/C(C(=O)NC1CCC1)=C(/O)[C@@H]1Oc2c(O)ccc3c2[C@@]12CCN(CC1CC1)[C@H](C3)[C@@]2(C)O. The average Bonchev–Trinajstić information content (AvgIpc) is 3.49. The molecular weight excluding hydrogens is 420 g/mol. The van der Waals surface area contributed by atoms with Crippen molar-refractivity contribution in [3.8, 4) is 11.5 Å². The van der Waals surface area contributed by atoms with Crippen molar-refractivity contribution < 1.29 is 24.9 Å². The van der Waals surface area contributed by atoms with E-state index in [0.29, 0.717) is 24.5 Å². The Kier molecular flexibility index (Phi) is 4.60.